The maximum absolute atomic E-state index is 11.8. The van der Waals surface area contributed by atoms with E-state index in [-0.39, 0.29) is 12.5 Å². The summed E-state index contributed by atoms with van der Waals surface area (Å²) >= 11 is 0. The highest BCUT2D eigenvalue weighted by atomic mass is 16.5. The van der Waals surface area contributed by atoms with E-state index >= 15 is 0 Å². The van der Waals surface area contributed by atoms with Gasteiger partial charge in [0.1, 0.15) is 5.75 Å². The number of amides is 1. The predicted octanol–water partition coefficient (Wildman–Crippen LogP) is 3.00. The Balaban J connectivity index is 0.000000796. The van der Waals surface area contributed by atoms with Crippen LogP contribution in [0.5, 0.6) is 5.75 Å². The molecule has 4 nitrogen and oxygen atoms in total. The number of nitrogens with one attached hydrogen (secondary N) is 1. The van der Waals surface area contributed by atoms with Crippen molar-refractivity contribution < 1.29 is 14.6 Å². The maximum Gasteiger partial charge on any atom is 0.251 e. The predicted molar refractivity (Wildman–Crippen MR) is 82.2 cm³/mol. The molecule has 0 saturated carbocycles. The van der Waals surface area contributed by atoms with Crippen LogP contribution in [0.2, 0.25) is 0 Å². The Hall–Kier alpha value is -1.55. The molecule has 0 spiro atoms. The summed E-state index contributed by atoms with van der Waals surface area (Å²) in [5, 5.41) is 11.8. The largest absolute Gasteiger partial charge is 0.497 e. The van der Waals surface area contributed by atoms with E-state index in [4.69, 9.17) is 9.84 Å². The minimum absolute atomic E-state index is 0.102. The van der Waals surface area contributed by atoms with Crippen LogP contribution in [0.15, 0.2) is 24.3 Å². The highest BCUT2D eigenvalue weighted by Gasteiger charge is 2.19. The lowest BCUT2D eigenvalue weighted by Crippen LogP contribution is -2.46. The molecule has 0 fully saturated rings. The van der Waals surface area contributed by atoms with Crippen molar-refractivity contribution in [2.24, 2.45) is 0 Å². The second kappa shape index (κ2) is 9.37. The standard InChI is InChI=1S/C12H17NO3.C4H10/c1-12(2,8-14)13-11(15)9-4-6-10(16-3)7-5-9;1-3-4-2/h4-7,14H,8H2,1-3H3,(H,13,15);3-4H2,1-2H3. The molecule has 1 aromatic carbocycles. The monoisotopic (exact) mass is 281 g/mol. The third kappa shape index (κ3) is 7.14. The number of aliphatic hydroxyl groups excluding tert-OH is 1. The zero-order valence-corrected chi connectivity index (χ0v) is 13.2. The molecule has 0 saturated heterocycles. The second-order valence-electron chi connectivity index (χ2n) is 5.22. The van der Waals surface area contributed by atoms with Gasteiger partial charge in [-0.25, -0.2) is 0 Å². The van der Waals surface area contributed by atoms with E-state index in [0.717, 1.165) is 0 Å². The van der Waals surface area contributed by atoms with Crippen molar-refractivity contribution in [3.63, 3.8) is 0 Å². The van der Waals surface area contributed by atoms with Crippen molar-refractivity contribution in [1.29, 1.82) is 0 Å². The number of benzene rings is 1. The fourth-order valence-corrected chi connectivity index (χ4v) is 1.16. The van der Waals surface area contributed by atoms with Crippen LogP contribution in [0.4, 0.5) is 0 Å². The van der Waals surface area contributed by atoms with E-state index in [2.05, 4.69) is 19.2 Å². The summed E-state index contributed by atoms with van der Waals surface area (Å²) in [4.78, 5) is 11.8. The number of hydrogen-bond donors (Lipinski definition) is 2. The van der Waals surface area contributed by atoms with E-state index in [9.17, 15) is 4.79 Å². The number of rotatable bonds is 5. The molecule has 4 heteroatoms. The van der Waals surface area contributed by atoms with Crippen LogP contribution in [0.1, 0.15) is 50.9 Å². The minimum atomic E-state index is -0.614. The van der Waals surface area contributed by atoms with Gasteiger partial charge in [0.25, 0.3) is 5.91 Å². The third-order valence-corrected chi connectivity index (χ3v) is 2.70. The number of methoxy groups -OCH3 is 1. The summed E-state index contributed by atoms with van der Waals surface area (Å²) in [7, 11) is 1.57. The van der Waals surface area contributed by atoms with E-state index in [1.807, 2.05) is 0 Å². The first-order valence-electron chi connectivity index (χ1n) is 6.97. The lowest BCUT2D eigenvalue weighted by molar-refractivity contribution is 0.0869. The highest BCUT2D eigenvalue weighted by Crippen LogP contribution is 2.12. The molecule has 2 N–H and O–H groups in total. The number of hydrogen-bond acceptors (Lipinski definition) is 3. The van der Waals surface area contributed by atoms with Gasteiger partial charge in [-0.05, 0) is 38.1 Å². The average Bonchev–Trinajstić information content (AvgIpc) is 2.47. The Morgan fingerprint density at radius 1 is 1.20 bits per heavy atom. The van der Waals surface area contributed by atoms with Gasteiger partial charge >= 0.3 is 0 Å². The van der Waals surface area contributed by atoms with Crippen LogP contribution in [0.25, 0.3) is 0 Å². The molecule has 1 aromatic rings. The van der Waals surface area contributed by atoms with Crippen LogP contribution in [0.3, 0.4) is 0 Å². The number of carbonyl (C=O) groups is 1. The summed E-state index contributed by atoms with van der Waals surface area (Å²) in [6.45, 7) is 7.78. The first-order valence-corrected chi connectivity index (χ1v) is 6.97. The molecule has 0 bridgehead atoms. The Morgan fingerprint density at radius 2 is 1.70 bits per heavy atom. The Morgan fingerprint density at radius 3 is 2.05 bits per heavy atom. The van der Waals surface area contributed by atoms with Gasteiger partial charge in [0.15, 0.2) is 0 Å². The molecule has 0 aromatic heterocycles. The molecule has 1 amide bonds. The van der Waals surface area contributed by atoms with Crippen molar-refractivity contribution in [3.8, 4) is 5.75 Å². The van der Waals surface area contributed by atoms with E-state index in [0.29, 0.717) is 11.3 Å². The molecule has 0 aliphatic rings. The van der Waals surface area contributed by atoms with Gasteiger partial charge in [-0.15, -0.1) is 0 Å². The first-order chi connectivity index (χ1) is 9.40. The Labute approximate surface area is 122 Å². The molecule has 0 radical (unpaired) electrons. The Bertz CT molecular complexity index is 383. The summed E-state index contributed by atoms with van der Waals surface area (Å²) in [6.07, 6.45) is 2.64. The molecular weight excluding hydrogens is 254 g/mol. The minimum Gasteiger partial charge on any atom is -0.497 e. The molecule has 0 unspecified atom stereocenters. The van der Waals surface area contributed by atoms with E-state index < -0.39 is 5.54 Å². The lowest BCUT2D eigenvalue weighted by Gasteiger charge is -2.23. The van der Waals surface area contributed by atoms with Crippen molar-refractivity contribution in [2.45, 2.75) is 46.1 Å². The quantitative estimate of drug-likeness (QED) is 0.872. The van der Waals surface area contributed by atoms with Crippen molar-refractivity contribution in [1.82, 2.24) is 5.32 Å². The zero-order valence-electron chi connectivity index (χ0n) is 13.2. The van der Waals surface area contributed by atoms with Gasteiger partial charge in [-0.1, -0.05) is 26.7 Å². The SMILES string of the molecule is CCCC.COc1ccc(C(=O)NC(C)(C)CO)cc1. The molecule has 0 heterocycles. The van der Waals surface area contributed by atoms with Crippen LogP contribution < -0.4 is 10.1 Å². The molecule has 0 aliphatic heterocycles. The van der Waals surface area contributed by atoms with Gasteiger partial charge in [0.2, 0.25) is 0 Å². The zero-order chi connectivity index (χ0) is 15.6. The highest BCUT2D eigenvalue weighted by molar-refractivity contribution is 5.94. The summed E-state index contributed by atoms with van der Waals surface area (Å²) in [5.74, 6) is 0.500. The fraction of sp³-hybridized carbons (Fsp3) is 0.562. The smallest absolute Gasteiger partial charge is 0.251 e. The number of carbonyl (C=O) groups excluding carboxylic acids is 1. The fourth-order valence-electron chi connectivity index (χ4n) is 1.16. The molecule has 1 rings (SSSR count). The van der Waals surface area contributed by atoms with Gasteiger partial charge < -0.3 is 15.2 Å². The van der Waals surface area contributed by atoms with Crippen LogP contribution in [-0.4, -0.2) is 30.3 Å². The molecule has 0 atom stereocenters. The average molecular weight is 281 g/mol. The van der Waals surface area contributed by atoms with Crippen LogP contribution in [-0.2, 0) is 0 Å². The third-order valence-electron chi connectivity index (χ3n) is 2.70. The van der Waals surface area contributed by atoms with Crippen LogP contribution in [0, 0.1) is 0 Å². The molecule has 20 heavy (non-hydrogen) atoms. The van der Waals surface area contributed by atoms with Gasteiger partial charge in [-0.3, -0.25) is 4.79 Å². The number of aliphatic hydroxyl groups is 1. The maximum atomic E-state index is 11.8. The number of unbranched alkanes of at least 4 members (excludes halogenated alkanes) is 1. The van der Waals surface area contributed by atoms with Gasteiger partial charge in [0.05, 0.1) is 19.3 Å². The summed E-state index contributed by atoms with van der Waals surface area (Å²) in [5.41, 5.74) is -0.0703. The van der Waals surface area contributed by atoms with Crippen LogP contribution >= 0.6 is 0 Å². The topological polar surface area (TPSA) is 58.6 Å². The molecular formula is C16H27NO3. The molecule has 114 valence electrons. The van der Waals surface area contributed by atoms with Crippen molar-refractivity contribution >= 4 is 5.91 Å². The summed E-state index contributed by atoms with van der Waals surface area (Å²) < 4.78 is 5.00. The number of ether oxygens (including phenoxy) is 1. The molecule has 0 aliphatic carbocycles. The van der Waals surface area contributed by atoms with E-state index in [1.54, 1.807) is 45.2 Å². The normalized spacial score (nSPS) is 10.3. The van der Waals surface area contributed by atoms with Gasteiger partial charge in [0, 0.05) is 5.56 Å². The van der Waals surface area contributed by atoms with Crippen molar-refractivity contribution in [3.05, 3.63) is 29.8 Å². The Kier molecular flexibility index (Phi) is 8.64. The lowest BCUT2D eigenvalue weighted by atomic mass is 10.1. The van der Waals surface area contributed by atoms with Gasteiger partial charge in [-0.2, -0.15) is 0 Å². The summed E-state index contributed by atoms with van der Waals surface area (Å²) in [6, 6.07) is 6.81. The van der Waals surface area contributed by atoms with E-state index in [1.165, 1.54) is 12.8 Å². The first kappa shape index (κ1) is 18.4. The van der Waals surface area contributed by atoms with Crippen molar-refractivity contribution in [2.75, 3.05) is 13.7 Å². The second-order valence-corrected chi connectivity index (χ2v) is 5.22.